The maximum Gasteiger partial charge on any atom is 0.408 e. The zero-order valence-corrected chi connectivity index (χ0v) is 25.6. The first kappa shape index (κ1) is 29.8. The van der Waals surface area contributed by atoms with Crippen molar-refractivity contribution in [3.8, 4) is 0 Å². The molecule has 12 nitrogen and oxygen atoms in total. The van der Waals surface area contributed by atoms with Gasteiger partial charge in [-0.2, -0.15) is 0 Å². The number of hydrogen-bond acceptors (Lipinski definition) is 8. The largest absolute Gasteiger partial charge is 0.444 e. The number of aromatic nitrogens is 3. The topological polar surface area (TPSA) is 172 Å². The predicted molar refractivity (Wildman–Crippen MR) is 128 cm³/mol. The van der Waals surface area contributed by atoms with Gasteiger partial charge < -0.3 is 35.3 Å². The van der Waals surface area contributed by atoms with Gasteiger partial charge in [0.25, 0.3) is 0 Å². The number of carbonyl (C=O) groups is 3. The molecule has 0 aromatic carbocycles. The number of aryl methyl sites for hydroxylation is 1. The third-order valence-corrected chi connectivity index (χ3v) is 7.24. The van der Waals surface area contributed by atoms with Crippen molar-refractivity contribution in [2.45, 2.75) is 115 Å². The van der Waals surface area contributed by atoms with E-state index in [2.05, 4.69) is 31.2 Å². The maximum atomic E-state index is 11.8. The second kappa shape index (κ2) is 9.45. The van der Waals surface area contributed by atoms with E-state index in [0.717, 1.165) is 25.1 Å². The molecule has 1 radical (unpaired) electrons. The van der Waals surface area contributed by atoms with E-state index in [1.54, 1.807) is 0 Å². The Balaban J connectivity index is 0.000000201. The van der Waals surface area contributed by atoms with Crippen LogP contribution in [0.25, 0.3) is 0 Å². The van der Waals surface area contributed by atoms with Crippen LogP contribution in [0.2, 0.25) is 0 Å². The van der Waals surface area contributed by atoms with Crippen molar-refractivity contribution in [3.05, 3.63) is 11.6 Å². The molecule has 1 heterocycles. The van der Waals surface area contributed by atoms with Crippen molar-refractivity contribution in [1.29, 1.82) is 0 Å². The molecule has 0 spiro atoms. The van der Waals surface area contributed by atoms with Crippen LogP contribution in [0.4, 0.5) is 9.59 Å². The minimum Gasteiger partial charge on any atom is -0.444 e. The number of hydrazine groups is 1. The van der Waals surface area contributed by atoms with Gasteiger partial charge in [0.15, 0.2) is 0 Å². The van der Waals surface area contributed by atoms with E-state index in [4.69, 9.17) is 15.3 Å². The van der Waals surface area contributed by atoms with E-state index in [9.17, 15) is 14.4 Å². The van der Waals surface area contributed by atoms with E-state index in [1.807, 2.05) is 48.5 Å². The molecular weight excluding hydrogens is 555 g/mol. The summed E-state index contributed by atoms with van der Waals surface area (Å²) in [5, 5.41) is 13.9. The maximum absolute atomic E-state index is 11.8. The summed E-state index contributed by atoms with van der Waals surface area (Å²) in [7, 11) is 0. The Bertz CT molecular complexity index is 1030. The van der Waals surface area contributed by atoms with E-state index in [-0.39, 0.29) is 66.6 Å². The fourth-order valence-electron chi connectivity index (χ4n) is 6.05. The van der Waals surface area contributed by atoms with E-state index < -0.39 is 17.3 Å². The van der Waals surface area contributed by atoms with Crippen LogP contribution < -0.4 is 26.9 Å². The second-order valence-corrected chi connectivity index (χ2v) is 13.1. The Morgan fingerprint density at radius 1 is 0.838 bits per heavy atom. The van der Waals surface area contributed by atoms with Crippen molar-refractivity contribution in [2.75, 3.05) is 0 Å². The SMILES string of the molecule is CC(C)(C)OC(=O)NC12CC(C(=O)NN)(C1)C2.Cc1nnc(C23CC(NC(=O)OC(C)(C)C)(C2)C3)[n-]1.[Y]. The molecule has 0 unspecified atom stereocenters. The molecule has 203 valence electrons. The molecule has 6 aliphatic rings. The minimum absolute atomic E-state index is 0. The van der Waals surface area contributed by atoms with Gasteiger partial charge in [0.2, 0.25) is 5.91 Å². The van der Waals surface area contributed by atoms with Gasteiger partial charge in [-0.25, -0.2) is 15.4 Å². The fourth-order valence-corrected chi connectivity index (χ4v) is 6.05. The summed E-state index contributed by atoms with van der Waals surface area (Å²) in [5.41, 5.74) is 0.581. The van der Waals surface area contributed by atoms with Crippen molar-refractivity contribution >= 4 is 18.1 Å². The smallest absolute Gasteiger partial charge is 0.408 e. The van der Waals surface area contributed by atoms with Gasteiger partial charge in [0.05, 0.1) is 5.41 Å². The normalized spacial score (nSPS) is 32.2. The van der Waals surface area contributed by atoms with Gasteiger partial charge in [0, 0.05) is 49.2 Å². The molecule has 5 N–H and O–H groups in total. The third kappa shape index (κ3) is 5.96. The first-order valence-electron chi connectivity index (χ1n) is 12.3. The average Bonchev–Trinajstić information content (AvgIpc) is 3.01. The average molecular weight is 594 g/mol. The number of nitrogens with zero attached hydrogens (tertiary/aromatic N) is 3. The Morgan fingerprint density at radius 3 is 1.62 bits per heavy atom. The van der Waals surface area contributed by atoms with Crippen LogP contribution in [0, 0.1) is 12.3 Å². The number of carbonyl (C=O) groups excluding carboxylic acids is 3. The van der Waals surface area contributed by atoms with Gasteiger partial charge in [-0.05, 0) is 98.6 Å². The first-order valence-corrected chi connectivity index (χ1v) is 12.3. The van der Waals surface area contributed by atoms with E-state index >= 15 is 0 Å². The number of ether oxygens (including phenoxy) is 2. The van der Waals surface area contributed by atoms with Crippen LogP contribution in [0.5, 0.6) is 0 Å². The van der Waals surface area contributed by atoms with Gasteiger partial charge in [-0.3, -0.25) is 10.2 Å². The molecule has 3 amide bonds. The summed E-state index contributed by atoms with van der Waals surface area (Å²) < 4.78 is 10.5. The van der Waals surface area contributed by atoms with Gasteiger partial charge in [-0.1, -0.05) is 0 Å². The summed E-state index contributed by atoms with van der Waals surface area (Å²) in [6.45, 7) is 12.9. The first-order chi connectivity index (χ1) is 16.4. The van der Waals surface area contributed by atoms with Crippen LogP contribution in [-0.4, -0.2) is 50.6 Å². The number of rotatable bonds is 4. The molecular formula is C24H38N7O5Y-. The van der Waals surface area contributed by atoms with E-state index in [1.165, 1.54) is 0 Å². The van der Waals surface area contributed by atoms with Gasteiger partial charge >= 0.3 is 12.2 Å². The van der Waals surface area contributed by atoms with Gasteiger partial charge in [-0.15, -0.1) is 0 Å². The number of nitrogens with one attached hydrogen (secondary N) is 3. The molecule has 13 heteroatoms. The Kier molecular flexibility index (Phi) is 7.60. The van der Waals surface area contributed by atoms with Crippen LogP contribution in [-0.2, 0) is 52.4 Å². The monoisotopic (exact) mass is 593 g/mol. The molecule has 6 aliphatic carbocycles. The number of hydrogen-bond donors (Lipinski definition) is 4. The number of amides is 3. The fraction of sp³-hybridized carbons (Fsp3) is 0.792. The second-order valence-electron chi connectivity index (χ2n) is 13.1. The molecule has 1 aromatic rings. The molecule has 6 fully saturated rings. The van der Waals surface area contributed by atoms with Crippen LogP contribution >= 0.6 is 0 Å². The van der Waals surface area contributed by atoms with Crippen molar-refractivity contribution in [3.63, 3.8) is 0 Å². The third-order valence-electron chi connectivity index (χ3n) is 7.24. The quantitative estimate of drug-likeness (QED) is 0.231. The zero-order valence-electron chi connectivity index (χ0n) is 22.8. The Morgan fingerprint density at radius 2 is 1.27 bits per heavy atom. The van der Waals surface area contributed by atoms with Crippen LogP contribution in [0.1, 0.15) is 91.7 Å². The summed E-state index contributed by atoms with van der Waals surface area (Å²) in [5.74, 6) is 6.52. The number of nitrogens with two attached hydrogens (primary N) is 1. The predicted octanol–water partition coefficient (Wildman–Crippen LogP) is 1.86. The summed E-state index contributed by atoms with van der Waals surface area (Å²) >= 11 is 0. The molecule has 0 aliphatic heterocycles. The molecule has 4 bridgehead atoms. The van der Waals surface area contributed by atoms with Crippen molar-refractivity contribution in [2.24, 2.45) is 11.3 Å². The standard InChI is InChI=1S/C13H20N4O2.C11H19N3O3.Y/c1-8-14-9(17-16-8)12-5-13(6-12,7-12)15-10(18)19-11(2,3)4;1-9(2,3)17-8(16)13-11-4-10(5-11,6-11)7(15)14-12;/h5-7H2,1-4H3,(H2,14,15,16,17,18);4-6,12H2,1-3H3,(H,13,16)(H,14,15);/p-1. The summed E-state index contributed by atoms with van der Waals surface area (Å²) in [4.78, 5) is 39.1. The van der Waals surface area contributed by atoms with Crippen LogP contribution in [0.15, 0.2) is 0 Å². The van der Waals surface area contributed by atoms with Crippen molar-refractivity contribution < 1.29 is 56.6 Å². The zero-order chi connectivity index (χ0) is 26.8. The summed E-state index contributed by atoms with van der Waals surface area (Å²) in [6.07, 6.45) is 3.89. The molecule has 0 atom stereocenters. The van der Waals surface area contributed by atoms with Gasteiger partial charge in [0.1, 0.15) is 11.2 Å². The molecule has 7 rings (SSSR count). The van der Waals surface area contributed by atoms with Crippen molar-refractivity contribution in [1.82, 2.24) is 31.2 Å². The Labute approximate surface area is 242 Å². The molecule has 6 saturated carbocycles. The van der Waals surface area contributed by atoms with E-state index in [0.29, 0.717) is 25.1 Å². The molecule has 0 saturated heterocycles. The Hall–Kier alpha value is -1.79. The van der Waals surface area contributed by atoms with Crippen LogP contribution in [0.3, 0.4) is 0 Å². The summed E-state index contributed by atoms with van der Waals surface area (Å²) in [6, 6.07) is 0. The number of alkyl carbamates (subject to hydrolysis) is 2. The minimum atomic E-state index is -0.500. The molecule has 1 aromatic heterocycles. The molecule has 37 heavy (non-hydrogen) atoms.